The SMILES string of the molecule is CCN1CCN(c2ccc(CNC(=O)c3cc(F)cc4nc(C)c(C)nc34)cn2)CC1. The lowest BCUT2D eigenvalue weighted by molar-refractivity contribution is 0.0952. The highest BCUT2D eigenvalue weighted by Gasteiger charge is 2.17. The molecule has 3 heterocycles. The Morgan fingerprint density at radius 3 is 2.52 bits per heavy atom. The van der Waals surface area contributed by atoms with Crippen LogP contribution in [-0.2, 0) is 6.54 Å². The Labute approximate surface area is 181 Å². The Morgan fingerprint density at radius 1 is 1.10 bits per heavy atom. The number of amides is 1. The van der Waals surface area contributed by atoms with Gasteiger partial charge in [0.2, 0.25) is 0 Å². The fourth-order valence-electron chi connectivity index (χ4n) is 3.75. The average Bonchev–Trinajstić information content (AvgIpc) is 2.78. The number of hydrogen-bond acceptors (Lipinski definition) is 6. The third-order valence-corrected chi connectivity index (χ3v) is 5.80. The van der Waals surface area contributed by atoms with Gasteiger partial charge in [-0.2, -0.15) is 0 Å². The number of carbonyl (C=O) groups is 1. The predicted octanol–water partition coefficient (Wildman–Crippen LogP) is 2.85. The Bertz CT molecular complexity index is 1090. The van der Waals surface area contributed by atoms with E-state index < -0.39 is 5.82 Å². The summed E-state index contributed by atoms with van der Waals surface area (Å²) in [6, 6.07) is 6.46. The number of aromatic nitrogens is 3. The lowest BCUT2D eigenvalue weighted by atomic mass is 10.1. The van der Waals surface area contributed by atoms with E-state index in [0.29, 0.717) is 29.0 Å². The Hall–Kier alpha value is -3.13. The summed E-state index contributed by atoms with van der Waals surface area (Å²) >= 11 is 0. The van der Waals surface area contributed by atoms with Crippen LogP contribution in [0.3, 0.4) is 0 Å². The zero-order valence-electron chi connectivity index (χ0n) is 18.2. The first-order chi connectivity index (χ1) is 14.9. The van der Waals surface area contributed by atoms with Crippen LogP contribution in [0, 0.1) is 19.7 Å². The largest absolute Gasteiger partial charge is 0.354 e. The molecule has 0 bridgehead atoms. The third kappa shape index (κ3) is 4.64. The summed E-state index contributed by atoms with van der Waals surface area (Å²) in [6.07, 6.45) is 1.78. The summed E-state index contributed by atoms with van der Waals surface area (Å²) in [5, 5.41) is 2.85. The van der Waals surface area contributed by atoms with Gasteiger partial charge in [-0.1, -0.05) is 13.0 Å². The molecule has 1 amide bonds. The van der Waals surface area contributed by atoms with Gasteiger partial charge in [-0.25, -0.2) is 19.3 Å². The number of pyridine rings is 1. The highest BCUT2D eigenvalue weighted by molar-refractivity contribution is 6.04. The summed E-state index contributed by atoms with van der Waals surface area (Å²) in [5.41, 5.74) is 3.27. The first-order valence-corrected chi connectivity index (χ1v) is 10.6. The maximum Gasteiger partial charge on any atom is 0.253 e. The highest BCUT2D eigenvalue weighted by Crippen LogP contribution is 2.20. The maximum atomic E-state index is 14.1. The summed E-state index contributed by atoms with van der Waals surface area (Å²) in [6.45, 7) is 11.2. The second-order valence-corrected chi connectivity index (χ2v) is 7.84. The topological polar surface area (TPSA) is 74.2 Å². The van der Waals surface area contributed by atoms with Crippen molar-refractivity contribution in [1.29, 1.82) is 0 Å². The first-order valence-electron chi connectivity index (χ1n) is 10.6. The number of carbonyl (C=O) groups excluding carboxylic acids is 1. The maximum absolute atomic E-state index is 14.1. The summed E-state index contributed by atoms with van der Waals surface area (Å²) in [4.78, 5) is 30.8. The van der Waals surface area contributed by atoms with Crippen LogP contribution in [0.4, 0.5) is 10.2 Å². The molecular weight excluding hydrogens is 395 g/mol. The van der Waals surface area contributed by atoms with Crippen molar-refractivity contribution in [2.24, 2.45) is 0 Å². The molecule has 1 aromatic carbocycles. The number of nitrogens with zero attached hydrogens (tertiary/aromatic N) is 5. The fourth-order valence-corrected chi connectivity index (χ4v) is 3.75. The van der Waals surface area contributed by atoms with Crippen LogP contribution in [-0.4, -0.2) is 58.5 Å². The van der Waals surface area contributed by atoms with Crippen molar-refractivity contribution in [1.82, 2.24) is 25.2 Å². The molecule has 4 rings (SSSR count). The van der Waals surface area contributed by atoms with Crippen LogP contribution in [0.25, 0.3) is 11.0 Å². The van der Waals surface area contributed by atoms with E-state index in [0.717, 1.165) is 44.1 Å². The molecule has 0 unspecified atom stereocenters. The van der Waals surface area contributed by atoms with E-state index in [1.807, 2.05) is 26.0 Å². The van der Waals surface area contributed by atoms with Crippen LogP contribution in [0.1, 0.15) is 34.2 Å². The monoisotopic (exact) mass is 422 g/mol. The van der Waals surface area contributed by atoms with E-state index in [1.165, 1.54) is 12.1 Å². The zero-order valence-corrected chi connectivity index (χ0v) is 18.2. The summed E-state index contributed by atoms with van der Waals surface area (Å²) < 4.78 is 14.1. The van der Waals surface area contributed by atoms with Crippen LogP contribution in [0.2, 0.25) is 0 Å². The second kappa shape index (κ2) is 8.93. The molecule has 1 saturated heterocycles. The van der Waals surface area contributed by atoms with E-state index in [9.17, 15) is 9.18 Å². The van der Waals surface area contributed by atoms with Gasteiger partial charge >= 0.3 is 0 Å². The van der Waals surface area contributed by atoms with E-state index >= 15 is 0 Å². The molecule has 7 nitrogen and oxygen atoms in total. The number of rotatable bonds is 5. The fraction of sp³-hybridized carbons (Fsp3) is 0.391. The van der Waals surface area contributed by atoms with Gasteiger partial charge in [0.15, 0.2) is 0 Å². The van der Waals surface area contributed by atoms with Gasteiger partial charge in [-0.15, -0.1) is 0 Å². The van der Waals surface area contributed by atoms with Crippen molar-refractivity contribution in [3.8, 4) is 0 Å². The molecule has 3 aromatic rings. The molecule has 0 saturated carbocycles. The molecule has 8 heteroatoms. The summed E-state index contributed by atoms with van der Waals surface area (Å²) in [7, 11) is 0. The number of anilines is 1. The number of fused-ring (bicyclic) bond motifs is 1. The van der Waals surface area contributed by atoms with Crippen molar-refractivity contribution in [3.05, 3.63) is 58.8 Å². The van der Waals surface area contributed by atoms with Gasteiger partial charge in [-0.3, -0.25) is 4.79 Å². The quantitative estimate of drug-likeness (QED) is 0.682. The van der Waals surface area contributed by atoms with Crippen molar-refractivity contribution >= 4 is 22.8 Å². The second-order valence-electron chi connectivity index (χ2n) is 7.84. The normalized spacial score (nSPS) is 14.8. The number of halogens is 1. The zero-order chi connectivity index (χ0) is 22.0. The molecule has 0 aliphatic carbocycles. The van der Waals surface area contributed by atoms with Gasteiger partial charge < -0.3 is 15.1 Å². The Balaban J connectivity index is 1.44. The third-order valence-electron chi connectivity index (χ3n) is 5.80. The van der Waals surface area contributed by atoms with Crippen molar-refractivity contribution in [3.63, 3.8) is 0 Å². The molecule has 0 spiro atoms. The lowest BCUT2D eigenvalue weighted by Crippen LogP contribution is -2.46. The van der Waals surface area contributed by atoms with Gasteiger partial charge in [0.1, 0.15) is 17.2 Å². The van der Waals surface area contributed by atoms with Crippen molar-refractivity contribution in [2.45, 2.75) is 27.3 Å². The number of benzene rings is 1. The van der Waals surface area contributed by atoms with Crippen molar-refractivity contribution < 1.29 is 9.18 Å². The van der Waals surface area contributed by atoms with E-state index in [1.54, 1.807) is 6.20 Å². The van der Waals surface area contributed by atoms with Crippen LogP contribution < -0.4 is 10.2 Å². The minimum Gasteiger partial charge on any atom is -0.354 e. The molecule has 1 aliphatic rings. The molecular formula is C23H27FN6O. The van der Waals surface area contributed by atoms with E-state index in [4.69, 9.17) is 0 Å². The molecule has 1 fully saturated rings. The minimum absolute atomic E-state index is 0.184. The average molecular weight is 423 g/mol. The van der Waals surface area contributed by atoms with E-state index in [-0.39, 0.29) is 11.5 Å². The van der Waals surface area contributed by atoms with E-state index in [2.05, 4.69) is 37.0 Å². The van der Waals surface area contributed by atoms with Crippen molar-refractivity contribution in [2.75, 3.05) is 37.6 Å². The smallest absolute Gasteiger partial charge is 0.253 e. The molecule has 162 valence electrons. The standard InChI is InChI=1S/C23H27FN6O/c1-4-29-7-9-30(10-8-29)21-6-5-17(13-25-21)14-26-23(31)19-11-18(24)12-20-22(19)28-16(3)15(2)27-20/h5-6,11-13H,4,7-10,14H2,1-3H3,(H,26,31). The predicted molar refractivity (Wildman–Crippen MR) is 119 cm³/mol. The van der Waals surface area contributed by atoms with Crippen LogP contribution in [0.15, 0.2) is 30.5 Å². The van der Waals surface area contributed by atoms with Gasteiger partial charge in [0, 0.05) is 45.0 Å². The van der Waals surface area contributed by atoms with Crippen LogP contribution in [0.5, 0.6) is 0 Å². The molecule has 31 heavy (non-hydrogen) atoms. The lowest BCUT2D eigenvalue weighted by Gasteiger charge is -2.34. The number of hydrogen-bond donors (Lipinski definition) is 1. The molecule has 1 N–H and O–H groups in total. The molecule has 2 aromatic heterocycles. The minimum atomic E-state index is -0.510. The van der Waals surface area contributed by atoms with Gasteiger partial charge in [-0.05, 0) is 38.1 Å². The molecule has 1 aliphatic heterocycles. The molecule has 0 radical (unpaired) electrons. The Morgan fingerprint density at radius 2 is 1.84 bits per heavy atom. The number of nitrogens with one attached hydrogen (secondary N) is 1. The number of likely N-dealkylation sites (N-methyl/N-ethyl adjacent to an activating group) is 1. The van der Waals surface area contributed by atoms with Gasteiger partial charge in [0.25, 0.3) is 5.91 Å². The Kier molecular flexibility index (Phi) is 6.08. The summed E-state index contributed by atoms with van der Waals surface area (Å²) in [5.74, 6) is 0.0503. The van der Waals surface area contributed by atoms with Crippen LogP contribution >= 0.6 is 0 Å². The number of aryl methyl sites for hydroxylation is 2. The highest BCUT2D eigenvalue weighted by atomic mass is 19.1. The first kappa shape index (κ1) is 21.1. The number of piperazine rings is 1. The van der Waals surface area contributed by atoms with Gasteiger partial charge in [0.05, 0.1) is 22.5 Å². The molecule has 0 atom stereocenters.